The summed E-state index contributed by atoms with van der Waals surface area (Å²) in [7, 11) is 1.68. The van der Waals surface area contributed by atoms with Crippen LogP contribution in [0, 0.1) is 5.92 Å². The molecule has 0 radical (unpaired) electrons. The SMILES string of the molecule is CCC1CCCCC1Oc1cc(CN)cc(OC)c1. The molecule has 106 valence electrons. The van der Waals surface area contributed by atoms with Crippen molar-refractivity contribution in [2.24, 2.45) is 11.7 Å². The van der Waals surface area contributed by atoms with Crippen molar-refractivity contribution >= 4 is 0 Å². The summed E-state index contributed by atoms with van der Waals surface area (Å²) in [5, 5.41) is 0. The molecule has 2 N–H and O–H groups in total. The molecule has 0 aliphatic heterocycles. The van der Waals surface area contributed by atoms with Crippen molar-refractivity contribution in [2.45, 2.75) is 51.7 Å². The van der Waals surface area contributed by atoms with E-state index in [-0.39, 0.29) is 0 Å². The number of benzene rings is 1. The smallest absolute Gasteiger partial charge is 0.123 e. The van der Waals surface area contributed by atoms with Gasteiger partial charge in [-0.1, -0.05) is 13.3 Å². The second kappa shape index (κ2) is 6.80. The van der Waals surface area contributed by atoms with E-state index in [4.69, 9.17) is 15.2 Å². The first kappa shape index (κ1) is 14.2. The van der Waals surface area contributed by atoms with E-state index < -0.39 is 0 Å². The van der Waals surface area contributed by atoms with Crippen molar-refractivity contribution in [3.8, 4) is 11.5 Å². The summed E-state index contributed by atoms with van der Waals surface area (Å²) >= 11 is 0. The van der Waals surface area contributed by atoms with Gasteiger partial charge in [0.15, 0.2) is 0 Å². The highest BCUT2D eigenvalue weighted by Gasteiger charge is 2.25. The van der Waals surface area contributed by atoms with Crippen molar-refractivity contribution < 1.29 is 9.47 Å². The van der Waals surface area contributed by atoms with E-state index in [0.29, 0.717) is 18.6 Å². The Morgan fingerprint density at radius 3 is 2.58 bits per heavy atom. The lowest BCUT2D eigenvalue weighted by Crippen LogP contribution is -2.29. The Morgan fingerprint density at radius 2 is 1.89 bits per heavy atom. The van der Waals surface area contributed by atoms with Gasteiger partial charge in [-0.25, -0.2) is 0 Å². The van der Waals surface area contributed by atoms with Crippen LogP contribution in [0.25, 0.3) is 0 Å². The summed E-state index contributed by atoms with van der Waals surface area (Å²) in [5.74, 6) is 2.40. The Kier molecular flexibility index (Phi) is 5.08. The van der Waals surface area contributed by atoms with E-state index in [1.54, 1.807) is 7.11 Å². The maximum atomic E-state index is 6.21. The molecule has 0 amide bonds. The standard InChI is InChI=1S/C16H25NO2/c1-3-13-6-4-5-7-16(13)19-15-9-12(11-17)8-14(10-15)18-2/h8-10,13,16H,3-7,11,17H2,1-2H3. The van der Waals surface area contributed by atoms with Crippen LogP contribution in [0.3, 0.4) is 0 Å². The van der Waals surface area contributed by atoms with E-state index in [1.807, 2.05) is 18.2 Å². The molecule has 1 aliphatic carbocycles. The first-order valence-electron chi connectivity index (χ1n) is 7.31. The van der Waals surface area contributed by atoms with Gasteiger partial charge in [-0.15, -0.1) is 0 Å². The minimum absolute atomic E-state index is 0.344. The summed E-state index contributed by atoms with van der Waals surface area (Å²) in [6.45, 7) is 2.76. The molecular formula is C16H25NO2. The molecule has 1 aromatic carbocycles. The quantitative estimate of drug-likeness (QED) is 0.884. The molecule has 0 aromatic heterocycles. The summed E-state index contributed by atoms with van der Waals surface area (Å²) < 4.78 is 11.5. The lowest BCUT2D eigenvalue weighted by atomic mass is 9.85. The van der Waals surface area contributed by atoms with Crippen LogP contribution in [0.1, 0.15) is 44.6 Å². The van der Waals surface area contributed by atoms with Crippen LogP contribution < -0.4 is 15.2 Å². The highest BCUT2D eigenvalue weighted by Crippen LogP contribution is 2.32. The number of ether oxygens (including phenoxy) is 2. The topological polar surface area (TPSA) is 44.5 Å². The van der Waals surface area contributed by atoms with Crippen LogP contribution in [-0.2, 0) is 6.54 Å². The number of hydrogen-bond donors (Lipinski definition) is 1. The highest BCUT2D eigenvalue weighted by atomic mass is 16.5. The second-order valence-electron chi connectivity index (χ2n) is 5.33. The van der Waals surface area contributed by atoms with Crippen molar-refractivity contribution in [2.75, 3.05) is 7.11 Å². The molecule has 0 heterocycles. The zero-order valence-corrected chi connectivity index (χ0v) is 12.0. The third-order valence-electron chi connectivity index (χ3n) is 4.06. The number of methoxy groups -OCH3 is 1. The summed E-state index contributed by atoms with van der Waals surface area (Å²) in [5.41, 5.74) is 6.77. The number of nitrogens with two attached hydrogens (primary N) is 1. The van der Waals surface area contributed by atoms with E-state index >= 15 is 0 Å². The molecule has 3 nitrogen and oxygen atoms in total. The molecule has 1 fully saturated rings. The van der Waals surface area contributed by atoms with Crippen LogP contribution in [0.4, 0.5) is 0 Å². The van der Waals surface area contributed by atoms with Crippen LogP contribution in [0.5, 0.6) is 11.5 Å². The van der Waals surface area contributed by atoms with Crippen molar-refractivity contribution in [1.29, 1.82) is 0 Å². The third kappa shape index (κ3) is 3.63. The van der Waals surface area contributed by atoms with Gasteiger partial charge < -0.3 is 15.2 Å². The molecule has 1 aliphatic rings. The summed E-state index contributed by atoms with van der Waals surface area (Å²) in [4.78, 5) is 0. The van der Waals surface area contributed by atoms with Gasteiger partial charge >= 0.3 is 0 Å². The van der Waals surface area contributed by atoms with Gasteiger partial charge in [0.05, 0.1) is 7.11 Å². The lowest BCUT2D eigenvalue weighted by Gasteiger charge is -2.31. The van der Waals surface area contributed by atoms with Crippen molar-refractivity contribution in [1.82, 2.24) is 0 Å². The first-order valence-corrected chi connectivity index (χ1v) is 7.31. The van der Waals surface area contributed by atoms with E-state index in [1.165, 1.54) is 25.7 Å². The fraction of sp³-hybridized carbons (Fsp3) is 0.625. The molecule has 1 aromatic rings. The van der Waals surface area contributed by atoms with Crippen LogP contribution in [0.15, 0.2) is 18.2 Å². The molecule has 2 rings (SSSR count). The molecule has 0 spiro atoms. The first-order chi connectivity index (χ1) is 9.26. The van der Waals surface area contributed by atoms with Crippen molar-refractivity contribution in [3.63, 3.8) is 0 Å². The van der Waals surface area contributed by atoms with Gasteiger partial charge in [0.25, 0.3) is 0 Å². The zero-order chi connectivity index (χ0) is 13.7. The highest BCUT2D eigenvalue weighted by molar-refractivity contribution is 5.38. The second-order valence-corrected chi connectivity index (χ2v) is 5.33. The predicted octanol–water partition coefficient (Wildman–Crippen LogP) is 3.50. The van der Waals surface area contributed by atoms with Gasteiger partial charge in [-0.3, -0.25) is 0 Å². The number of rotatable bonds is 5. The van der Waals surface area contributed by atoms with E-state index in [9.17, 15) is 0 Å². The van der Waals surface area contributed by atoms with Crippen LogP contribution in [0.2, 0.25) is 0 Å². The fourth-order valence-electron chi connectivity index (χ4n) is 2.91. The molecule has 1 saturated carbocycles. The van der Waals surface area contributed by atoms with Crippen LogP contribution in [-0.4, -0.2) is 13.2 Å². The molecular weight excluding hydrogens is 238 g/mol. The van der Waals surface area contributed by atoms with Gasteiger partial charge in [0, 0.05) is 12.6 Å². The summed E-state index contributed by atoms with van der Waals surface area (Å²) in [6, 6.07) is 5.95. The molecule has 0 bridgehead atoms. The zero-order valence-electron chi connectivity index (χ0n) is 12.0. The van der Waals surface area contributed by atoms with Gasteiger partial charge in [-0.2, -0.15) is 0 Å². The number of hydrogen-bond acceptors (Lipinski definition) is 3. The average molecular weight is 263 g/mol. The van der Waals surface area contributed by atoms with Gasteiger partial charge in [0.2, 0.25) is 0 Å². The third-order valence-corrected chi connectivity index (χ3v) is 4.06. The minimum Gasteiger partial charge on any atom is -0.497 e. The monoisotopic (exact) mass is 263 g/mol. The Hall–Kier alpha value is -1.22. The Labute approximate surface area is 116 Å². The predicted molar refractivity (Wildman–Crippen MR) is 77.6 cm³/mol. The minimum atomic E-state index is 0.344. The summed E-state index contributed by atoms with van der Waals surface area (Å²) in [6.07, 6.45) is 6.59. The van der Waals surface area contributed by atoms with E-state index in [0.717, 1.165) is 23.5 Å². The molecule has 3 heteroatoms. The molecule has 2 atom stereocenters. The maximum Gasteiger partial charge on any atom is 0.123 e. The maximum absolute atomic E-state index is 6.21. The average Bonchev–Trinajstić information content (AvgIpc) is 2.47. The normalized spacial score (nSPS) is 23.1. The largest absolute Gasteiger partial charge is 0.497 e. The fourth-order valence-corrected chi connectivity index (χ4v) is 2.91. The van der Waals surface area contributed by atoms with E-state index in [2.05, 4.69) is 6.92 Å². The molecule has 2 unspecified atom stereocenters. The van der Waals surface area contributed by atoms with Gasteiger partial charge in [0.1, 0.15) is 17.6 Å². The molecule has 19 heavy (non-hydrogen) atoms. The molecule has 0 saturated heterocycles. The van der Waals surface area contributed by atoms with Crippen molar-refractivity contribution in [3.05, 3.63) is 23.8 Å². The van der Waals surface area contributed by atoms with Crippen LogP contribution >= 0.6 is 0 Å². The Balaban J connectivity index is 2.12. The van der Waals surface area contributed by atoms with Gasteiger partial charge in [-0.05, 0) is 49.3 Å². The Morgan fingerprint density at radius 1 is 1.16 bits per heavy atom. The Bertz CT molecular complexity index is 383. The lowest BCUT2D eigenvalue weighted by molar-refractivity contribution is 0.0901.